The van der Waals surface area contributed by atoms with Gasteiger partial charge in [-0.3, -0.25) is 4.90 Å². The van der Waals surface area contributed by atoms with Crippen molar-refractivity contribution in [2.24, 2.45) is 0 Å². The predicted molar refractivity (Wildman–Crippen MR) is 70.2 cm³/mol. The lowest BCUT2D eigenvalue weighted by atomic mass is 10.1. The summed E-state index contributed by atoms with van der Waals surface area (Å²) in [6.45, 7) is 8.90. The van der Waals surface area contributed by atoms with Crippen molar-refractivity contribution in [3.05, 3.63) is 18.5 Å². The van der Waals surface area contributed by atoms with Crippen LogP contribution >= 0.6 is 0 Å². The topological polar surface area (TPSA) is 32.3 Å². The van der Waals surface area contributed by atoms with Crippen molar-refractivity contribution < 1.29 is 0 Å². The monoisotopic (exact) mass is 234 g/mol. The number of piperazine rings is 1. The lowest BCUT2D eigenvalue weighted by molar-refractivity contribution is 0.175. The summed E-state index contributed by atoms with van der Waals surface area (Å²) < 4.78 is 0. The second-order valence-corrected chi connectivity index (χ2v) is 4.54. The minimum atomic E-state index is 0.744. The van der Waals surface area contributed by atoms with Crippen LogP contribution in [0.25, 0.3) is 0 Å². The number of aromatic nitrogens is 2. The van der Waals surface area contributed by atoms with Crippen LogP contribution in [-0.2, 0) is 0 Å². The molecule has 0 radical (unpaired) electrons. The number of hydrogen-bond acceptors (Lipinski definition) is 4. The van der Waals surface area contributed by atoms with Gasteiger partial charge in [-0.2, -0.15) is 0 Å². The van der Waals surface area contributed by atoms with Crippen LogP contribution in [0.15, 0.2) is 18.5 Å². The summed E-state index contributed by atoms with van der Waals surface area (Å²) in [4.78, 5) is 13.5. The average Bonchev–Trinajstić information content (AvgIpc) is 2.42. The van der Waals surface area contributed by atoms with E-state index in [2.05, 4.69) is 33.6 Å². The quantitative estimate of drug-likeness (QED) is 0.795. The highest BCUT2D eigenvalue weighted by Crippen LogP contribution is 2.14. The largest absolute Gasteiger partial charge is 0.338 e. The number of rotatable bonds is 4. The van der Waals surface area contributed by atoms with E-state index in [0.717, 1.165) is 38.2 Å². The summed E-state index contributed by atoms with van der Waals surface area (Å²) in [7, 11) is 0. The van der Waals surface area contributed by atoms with Gasteiger partial charge in [0, 0.05) is 44.6 Å². The molecule has 0 aliphatic carbocycles. The second kappa shape index (κ2) is 5.96. The summed E-state index contributed by atoms with van der Waals surface area (Å²) in [5.41, 5.74) is 0. The van der Waals surface area contributed by atoms with Gasteiger partial charge in [0.05, 0.1) is 0 Å². The zero-order valence-electron chi connectivity index (χ0n) is 10.8. The van der Waals surface area contributed by atoms with Gasteiger partial charge in [-0.05, 0) is 18.9 Å². The van der Waals surface area contributed by atoms with Gasteiger partial charge in [-0.1, -0.05) is 13.8 Å². The molecule has 0 aromatic carbocycles. The van der Waals surface area contributed by atoms with Crippen LogP contribution < -0.4 is 4.90 Å². The smallest absolute Gasteiger partial charge is 0.225 e. The molecule has 1 aliphatic rings. The molecule has 2 heterocycles. The fourth-order valence-electron chi connectivity index (χ4n) is 2.55. The molecule has 4 nitrogen and oxygen atoms in total. The molecule has 2 rings (SSSR count). The molecule has 0 unspecified atom stereocenters. The van der Waals surface area contributed by atoms with E-state index in [1.54, 1.807) is 0 Å². The maximum Gasteiger partial charge on any atom is 0.225 e. The summed E-state index contributed by atoms with van der Waals surface area (Å²) in [6, 6.07) is 2.61. The highest BCUT2D eigenvalue weighted by Gasteiger charge is 2.22. The molecular weight excluding hydrogens is 212 g/mol. The third kappa shape index (κ3) is 2.94. The number of hydrogen-bond donors (Lipinski definition) is 0. The van der Waals surface area contributed by atoms with Crippen LogP contribution in [0.3, 0.4) is 0 Å². The highest BCUT2D eigenvalue weighted by molar-refractivity contribution is 5.29. The Morgan fingerprint density at radius 3 is 2.18 bits per heavy atom. The van der Waals surface area contributed by atoms with Crippen LogP contribution in [0.1, 0.15) is 26.7 Å². The molecule has 1 aromatic heterocycles. The molecule has 1 saturated heterocycles. The summed E-state index contributed by atoms with van der Waals surface area (Å²) in [5.74, 6) is 0.872. The van der Waals surface area contributed by atoms with Gasteiger partial charge in [-0.25, -0.2) is 9.97 Å². The van der Waals surface area contributed by atoms with Gasteiger partial charge in [0.2, 0.25) is 5.95 Å². The molecule has 0 atom stereocenters. The molecule has 1 aromatic rings. The third-order valence-corrected chi connectivity index (χ3v) is 3.61. The SMILES string of the molecule is CCC(CC)N1CCN(c2ncccn2)CC1. The van der Waals surface area contributed by atoms with Gasteiger partial charge in [0.25, 0.3) is 0 Å². The Morgan fingerprint density at radius 2 is 1.65 bits per heavy atom. The predicted octanol–water partition coefficient (Wildman–Crippen LogP) is 1.79. The van der Waals surface area contributed by atoms with Gasteiger partial charge >= 0.3 is 0 Å². The van der Waals surface area contributed by atoms with Crippen molar-refractivity contribution in [2.45, 2.75) is 32.7 Å². The van der Waals surface area contributed by atoms with Crippen molar-refractivity contribution in [1.82, 2.24) is 14.9 Å². The number of anilines is 1. The highest BCUT2D eigenvalue weighted by atomic mass is 15.3. The van der Waals surface area contributed by atoms with E-state index in [1.165, 1.54) is 12.8 Å². The molecule has 0 N–H and O–H groups in total. The van der Waals surface area contributed by atoms with E-state index in [-0.39, 0.29) is 0 Å². The molecule has 0 saturated carbocycles. The van der Waals surface area contributed by atoms with Crippen LogP contribution in [0.5, 0.6) is 0 Å². The first-order chi connectivity index (χ1) is 8.35. The van der Waals surface area contributed by atoms with Crippen molar-refractivity contribution in [3.63, 3.8) is 0 Å². The van der Waals surface area contributed by atoms with E-state index < -0.39 is 0 Å². The molecule has 17 heavy (non-hydrogen) atoms. The van der Waals surface area contributed by atoms with E-state index in [4.69, 9.17) is 0 Å². The van der Waals surface area contributed by atoms with Gasteiger partial charge < -0.3 is 4.90 Å². The number of nitrogens with zero attached hydrogens (tertiary/aromatic N) is 4. The summed E-state index contributed by atoms with van der Waals surface area (Å²) >= 11 is 0. The zero-order valence-corrected chi connectivity index (χ0v) is 10.8. The lowest BCUT2D eigenvalue weighted by Crippen LogP contribution is -2.50. The summed E-state index contributed by atoms with van der Waals surface area (Å²) in [6.07, 6.45) is 6.13. The minimum absolute atomic E-state index is 0.744. The fourth-order valence-corrected chi connectivity index (χ4v) is 2.55. The first-order valence-corrected chi connectivity index (χ1v) is 6.61. The van der Waals surface area contributed by atoms with Crippen LogP contribution in [0.2, 0.25) is 0 Å². The molecule has 0 spiro atoms. The van der Waals surface area contributed by atoms with Crippen molar-refractivity contribution in [2.75, 3.05) is 31.1 Å². The standard InChI is InChI=1S/C13H22N4/c1-3-12(4-2)16-8-10-17(11-9-16)13-14-6-5-7-15-13/h5-7,12H,3-4,8-11H2,1-2H3. The summed E-state index contributed by atoms with van der Waals surface area (Å²) in [5, 5.41) is 0. The van der Waals surface area contributed by atoms with Crippen molar-refractivity contribution in [1.29, 1.82) is 0 Å². The Balaban J connectivity index is 1.90. The minimum Gasteiger partial charge on any atom is -0.338 e. The normalized spacial score (nSPS) is 17.7. The maximum absolute atomic E-state index is 4.31. The maximum atomic E-state index is 4.31. The molecule has 94 valence electrons. The van der Waals surface area contributed by atoms with Crippen LogP contribution in [0.4, 0.5) is 5.95 Å². The lowest BCUT2D eigenvalue weighted by Gasteiger charge is -2.38. The molecule has 4 heteroatoms. The van der Waals surface area contributed by atoms with E-state index in [1.807, 2.05) is 18.5 Å². The van der Waals surface area contributed by atoms with Gasteiger partial charge in [0.1, 0.15) is 0 Å². The Morgan fingerprint density at radius 1 is 1.06 bits per heavy atom. The molecule has 1 fully saturated rings. The average molecular weight is 234 g/mol. The van der Waals surface area contributed by atoms with Crippen LogP contribution in [-0.4, -0.2) is 47.1 Å². The first-order valence-electron chi connectivity index (χ1n) is 6.61. The van der Waals surface area contributed by atoms with E-state index in [9.17, 15) is 0 Å². The Kier molecular flexibility index (Phi) is 4.31. The van der Waals surface area contributed by atoms with Crippen LogP contribution in [0, 0.1) is 0 Å². The molecule has 0 amide bonds. The Labute approximate surface area is 104 Å². The van der Waals surface area contributed by atoms with E-state index >= 15 is 0 Å². The van der Waals surface area contributed by atoms with Gasteiger partial charge in [0.15, 0.2) is 0 Å². The molecule has 1 aliphatic heterocycles. The third-order valence-electron chi connectivity index (χ3n) is 3.61. The Bertz CT molecular complexity index is 315. The second-order valence-electron chi connectivity index (χ2n) is 4.54. The first kappa shape index (κ1) is 12.3. The molecular formula is C13H22N4. The van der Waals surface area contributed by atoms with Crippen molar-refractivity contribution >= 4 is 5.95 Å². The van der Waals surface area contributed by atoms with E-state index in [0.29, 0.717) is 0 Å². The molecule has 0 bridgehead atoms. The fraction of sp³-hybridized carbons (Fsp3) is 0.692. The van der Waals surface area contributed by atoms with Gasteiger partial charge in [-0.15, -0.1) is 0 Å². The van der Waals surface area contributed by atoms with Crippen molar-refractivity contribution in [3.8, 4) is 0 Å². The zero-order chi connectivity index (χ0) is 12.1. The Hall–Kier alpha value is -1.16.